The third-order valence-corrected chi connectivity index (χ3v) is 6.22. The molecule has 2 N–H and O–H groups in total. The van der Waals surface area contributed by atoms with Gasteiger partial charge in [-0.1, -0.05) is 23.7 Å². The van der Waals surface area contributed by atoms with Crippen molar-refractivity contribution in [3.8, 4) is 0 Å². The Morgan fingerprint density at radius 3 is 2.57 bits per heavy atom. The maximum atomic E-state index is 14.6. The van der Waals surface area contributed by atoms with Crippen LogP contribution in [0.3, 0.4) is 0 Å². The monoisotopic (exact) mass is 400 g/mol. The fraction of sp³-hybridized carbons (Fsp3) is 0.400. The molecule has 8 heteroatoms. The molecule has 2 fully saturated rings. The highest BCUT2D eigenvalue weighted by atomic mass is 35.5. The Labute approximate surface area is 165 Å². The van der Waals surface area contributed by atoms with Crippen LogP contribution in [0.25, 0.3) is 0 Å². The van der Waals surface area contributed by atoms with Crippen molar-refractivity contribution in [3.63, 3.8) is 0 Å². The second-order valence-electron chi connectivity index (χ2n) is 7.90. The summed E-state index contributed by atoms with van der Waals surface area (Å²) in [4.78, 5) is 34.9. The summed E-state index contributed by atoms with van der Waals surface area (Å²) in [5.74, 6) is -0.535. The zero-order chi connectivity index (χ0) is 19.6. The van der Waals surface area contributed by atoms with Crippen LogP contribution in [0.4, 0.5) is 4.39 Å². The quantitative estimate of drug-likeness (QED) is 0.854. The Kier molecular flexibility index (Phi) is 3.75. The standard InChI is InChI=1S/C20H18ClFN4O2/c21-12-7-24-18(25-8-12)16(17(23)27)26-9-20(6-15(20)22)14-5-11(10-1-2-10)3-4-13(14)19(26)28/h3-5,7-8,10,15-16H,1-2,6,9H2,(H2,23,27)/t15-,16?,20-/m1/s1. The lowest BCUT2D eigenvalue weighted by Crippen LogP contribution is -2.50. The van der Waals surface area contributed by atoms with E-state index in [1.54, 1.807) is 6.07 Å². The Balaban J connectivity index is 1.59. The van der Waals surface area contributed by atoms with Crippen molar-refractivity contribution in [3.05, 3.63) is 58.1 Å². The highest BCUT2D eigenvalue weighted by Gasteiger charge is 2.62. The van der Waals surface area contributed by atoms with Crippen LogP contribution in [0, 0.1) is 0 Å². The maximum absolute atomic E-state index is 14.6. The topological polar surface area (TPSA) is 89.2 Å². The summed E-state index contributed by atoms with van der Waals surface area (Å²) in [6.45, 7) is 0.0771. The predicted molar refractivity (Wildman–Crippen MR) is 99.6 cm³/mol. The van der Waals surface area contributed by atoms with E-state index >= 15 is 0 Å². The zero-order valence-corrected chi connectivity index (χ0v) is 15.7. The highest BCUT2D eigenvalue weighted by molar-refractivity contribution is 6.30. The molecule has 6 nitrogen and oxygen atoms in total. The Morgan fingerprint density at radius 2 is 2.00 bits per heavy atom. The van der Waals surface area contributed by atoms with E-state index in [2.05, 4.69) is 9.97 Å². The van der Waals surface area contributed by atoms with E-state index in [0.29, 0.717) is 22.9 Å². The average Bonchev–Trinajstić information content (AvgIpc) is 3.59. The lowest BCUT2D eigenvalue weighted by Gasteiger charge is -2.38. The first-order chi connectivity index (χ1) is 13.4. The largest absolute Gasteiger partial charge is 0.367 e. The number of alkyl halides is 1. The van der Waals surface area contributed by atoms with Gasteiger partial charge in [0, 0.05) is 29.9 Å². The number of halogens is 2. The van der Waals surface area contributed by atoms with Gasteiger partial charge in [-0.2, -0.15) is 0 Å². The average molecular weight is 401 g/mol. The van der Waals surface area contributed by atoms with E-state index in [4.69, 9.17) is 17.3 Å². The number of hydrogen-bond donors (Lipinski definition) is 1. The van der Waals surface area contributed by atoms with E-state index in [-0.39, 0.29) is 18.3 Å². The van der Waals surface area contributed by atoms with Gasteiger partial charge in [-0.25, -0.2) is 14.4 Å². The van der Waals surface area contributed by atoms with Crippen LogP contribution < -0.4 is 5.73 Å². The number of carbonyl (C=O) groups excluding carboxylic acids is 2. The Morgan fingerprint density at radius 1 is 1.32 bits per heavy atom. The van der Waals surface area contributed by atoms with Gasteiger partial charge in [-0.15, -0.1) is 0 Å². The Hall–Kier alpha value is -2.54. The van der Waals surface area contributed by atoms with E-state index in [1.165, 1.54) is 17.3 Å². The van der Waals surface area contributed by atoms with Crippen molar-refractivity contribution in [1.82, 2.24) is 14.9 Å². The number of aromatic nitrogens is 2. The summed E-state index contributed by atoms with van der Waals surface area (Å²) in [6.07, 6.45) is 4.20. The van der Waals surface area contributed by atoms with Crippen LogP contribution in [0.2, 0.25) is 5.02 Å². The van der Waals surface area contributed by atoms with Crippen molar-refractivity contribution in [2.24, 2.45) is 5.73 Å². The lowest BCUT2D eigenvalue weighted by molar-refractivity contribution is -0.123. The van der Waals surface area contributed by atoms with Crippen molar-refractivity contribution >= 4 is 23.4 Å². The molecule has 1 spiro atoms. The Bertz CT molecular complexity index is 994. The summed E-state index contributed by atoms with van der Waals surface area (Å²) in [5.41, 5.74) is 7.15. The van der Waals surface area contributed by atoms with Crippen molar-refractivity contribution < 1.29 is 14.0 Å². The number of rotatable bonds is 4. The summed E-state index contributed by atoms with van der Waals surface area (Å²) in [7, 11) is 0. The molecule has 1 aromatic heterocycles. The first kappa shape index (κ1) is 17.6. The summed E-state index contributed by atoms with van der Waals surface area (Å²) >= 11 is 5.83. The molecule has 0 bridgehead atoms. The van der Waals surface area contributed by atoms with Gasteiger partial charge < -0.3 is 10.6 Å². The molecule has 2 amide bonds. The normalized spacial score (nSPS) is 26.9. The van der Waals surface area contributed by atoms with Crippen LogP contribution in [0.5, 0.6) is 0 Å². The number of benzene rings is 1. The highest BCUT2D eigenvalue weighted by Crippen LogP contribution is 2.56. The van der Waals surface area contributed by atoms with E-state index < -0.39 is 23.5 Å². The molecule has 5 rings (SSSR count). The molecule has 2 heterocycles. The molecular formula is C20H18ClFN4O2. The van der Waals surface area contributed by atoms with Gasteiger partial charge in [-0.3, -0.25) is 9.59 Å². The minimum Gasteiger partial charge on any atom is -0.367 e. The molecule has 2 aromatic rings. The summed E-state index contributed by atoms with van der Waals surface area (Å²) in [6, 6.07) is 4.50. The number of primary amides is 1. The summed E-state index contributed by atoms with van der Waals surface area (Å²) in [5, 5.41) is 0.303. The number of fused-ring (bicyclic) bond motifs is 2. The maximum Gasteiger partial charge on any atom is 0.255 e. The molecule has 2 saturated carbocycles. The first-order valence-corrected chi connectivity index (χ1v) is 9.65. The second kappa shape index (κ2) is 5.98. The van der Waals surface area contributed by atoms with Gasteiger partial charge >= 0.3 is 0 Å². The molecule has 1 unspecified atom stereocenters. The third kappa shape index (κ3) is 2.60. The number of nitrogens with two attached hydrogens (primary N) is 1. The van der Waals surface area contributed by atoms with Gasteiger partial charge in [0.1, 0.15) is 6.17 Å². The first-order valence-electron chi connectivity index (χ1n) is 9.27. The summed E-state index contributed by atoms with van der Waals surface area (Å²) < 4.78 is 14.6. The molecule has 2 aliphatic carbocycles. The SMILES string of the molecule is NC(=O)C(c1ncc(Cl)cn1)N1C[C@]2(C[C@H]2F)c2cc(C3CC3)ccc2C1=O. The van der Waals surface area contributed by atoms with Crippen LogP contribution >= 0.6 is 11.6 Å². The van der Waals surface area contributed by atoms with Gasteiger partial charge in [0.25, 0.3) is 5.91 Å². The second-order valence-corrected chi connectivity index (χ2v) is 8.34. The lowest BCUT2D eigenvalue weighted by atomic mass is 9.83. The molecule has 1 aliphatic heterocycles. The molecule has 28 heavy (non-hydrogen) atoms. The number of amides is 2. The van der Waals surface area contributed by atoms with Crippen LogP contribution in [0.1, 0.15) is 58.5 Å². The smallest absolute Gasteiger partial charge is 0.255 e. The molecular weight excluding hydrogens is 383 g/mol. The van der Waals surface area contributed by atoms with Gasteiger partial charge in [-0.05, 0) is 42.4 Å². The molecule has 0 saturated heterocycles. The fourth-order valence-corrected chi connectivity index (χ4v) is 4.34. The molecule has 3 aliphatic rings. The number of nitrogens with zero attached hydrogens (tertiary/aromatic N) is 3. The van der Waals surface area contributed by atoms with Crippen molar-refractivity contribution in [2.45, 2.75) is 42.8 Å². The van der Waals surface area contributed by atoms with Crippen LogP contribution in [-0.2, 0) is 10.2 Å². The molecule has 144 valence electrons. The molecule has 1 aromatic carbocycles. The van der Waals surface area contributed by atoms with Gasteiger partial charge in [0.05, 0.1) is 5.02 Å². The third-order valence-electron chi connectivity index (χ3n) is 6.02. The number of hydrogen-bond acceptors (Lipinski definition) is 4. The van der Waals surface area contributed by atoms with Crippen LogP contribution in [0.15, 0.2) is 30.6 Å². The van der Waals surface area contributed by atoms with Crippen molar-refractivity contribution in [1.29, 1.82) is 0 Å². The van der Waals surface area contributed by atoms with E-state index in [0.717, 1.165) is 24.0 Å². The van der Waals surface area contributed by atoms with Crippen molar-refractivity contribution in [2.75, 3.05) is 6.54 Å². The van der Waals surface area contributed by atoms with Gasteiger partial charge in [0.2, 0.25) is 5.91 Å². The minimum atomic E-state index is -1.18. The molecule has 0 radical (unpaired) electrons. The predicted octanol–water partition coefficient (Wildman–Crippen LogP) is 2.67. The van der Waals surface area contributed by atoms with E-state index in [1.807, 2.05) is 12.1 Å². The van der Waals surface area contributed by atoms with E-state index in [9.17, 15) is 14.0 Å². The zero-order valence-electron chi connectivity index (χ0n) is 14.9. The minimum absolute atomic E-state index is 0.0771. The molecule has 3 atom stereocenters. The number of carbonyl (C=O) groups is 2. The van der Waals surface area contributed by atoms with Crippen LogP contribution in [-0.4, -0.2) is 39.4 Å². The van der Waals surface area contributed by atoms with Gasteiger partial charge in [0.15, 0.2) is 11.9 Å². The fourth-order valence-electron chi connectivity index (χ4n) is 4.24.